The molecule has 1 aromatic heterocycles. The lowest BCUT2D eigenvalue weighted by Gasteiger charge is -2.05. The predicted molar refractivity (Wildman–Crippen MR) is 108 cm³/mol. The number of esters is 1. The highest BCUT2D eigenvalue weighted by atomic mass is 32.2. The van der Waals surface area contributed by atoms with Crippen molar-refractivity contribution in [1.82, 2.24) is 9.71 Å². The molecule has 0 aliphatic heterocycles. The number of ether oxygens (including phenoxy) is 2. The monoisotopic (exact) mass is 410 g/mol. The molecule has 1 heterocycles. The van der Waals surface area contributed by atoms with Crippen molar-refractivity contribution in [3.8, 4) is 17.6 Å². The van der Waals surface area contributed by atoms with Crippen molar-refractivity contribution in [2.24, 2.45) is 0 Å². The van der Waals surface area contributed by atoms with Gasteiger partial charge in [0.25, 0.3) is 0 Å². The molecule has 0 amide bonds. The van der Waals surface area contributed by atoms with Crippen molar-refractivity contribution in [3.63, 3.8) is 0 Å². The first-order valence-corrected chi connectivity index (χ1v) is 10.1. The summed E-state index contributed by atoms with van der Waals surface area (Å²) in [6.07, 6.45) is 1.71. The number of hydrogen-bond acceptors (Lipinski definition) is 6. The van der Waals surface area contributed by atoms with E-state index >= 15 is 0 Å². The lowest BCUT2D eigenvalue weighted by Crippen LogP contribution is -2.24. The highest BCUT2D eigenvalue weighted by molar-refractivity contribution is 7.89. The van der Waals surface area contributed by atoms with Gasteiger partial charge in [-0.15, -0.1) is 0 Å². The first-order chi connectivity index (χ1) is 14.0. The van der Waals surface area contributed by atoms with Crippen molar-refractivity contribution in [1.29, 1.82) is 0 Å². The molecule has 0 spiro atoms. The normalized spacial score (nSPS) is 10.8. The number of aromatic nitrogens is 1. The molecule has 0 bridgehead atoms. The zero-order valence-corrected chi connectivity index (χ0v) is 16.4. The minimum atomic E-state index is -3.73. The van der Waals surface area contributed by atoms with Gasteiger partial charge in [-0.25, -0.2) is 13.2 Å². The molecule has 3 aromatic rings. The molecule has 0 aliphatic rings. The van der Waals surface area contributed by atoms with E-state index < -0.39 is 16.0 Å². The number of sulfonamides is 1. The number of fused-ring (bicyclic) bond motifs is 1. The molecule has 8 heteroatoms. The van der Waals surface area contributed by atoms with Gasteiger partial charge in [0.1, 0.15) is 12.4 Å². The Morgan fingerprint density at radius 1 is 1.10 bits per heavy atom. The van der Waals surface area contributed by atoms with E-state index in [-0.39, 0.29) is 23.6 Å². The Balaban J connectivity index is 1.51. The Kier molecular flexibility index (Phi) is 6.44. The fourth-order valence-corrected chi connectivity index (χ4v) is 3.39. The zero-order chi connectivity index (χ0) is 20.7. The van der Waals surface area contributed by atoms with Crippen LogP contribution in [-0.4, -0.2) is 39.6 Å². The van der Waals surface area contributed by atoms with E-state index in [1.807, 2.05) is 30.3 Å². The summed E-state index contributed by atoms with van der Waals surface area (Å²) in [7, 11) is -2.47. The van der Waals surface area contributed by atoms with Crippen molar-refractivity contribution in [2.75, 3.05) is 20.3 Å². The molecule has 0 saturated carbocycles. The second-order valence-electron chi connectivity index (χ2n) is 5.84. The quantitative estimate of drug-likeness (QED) is 0.495. The minimum Gasteiger partial charge on any atom is -0.481 e. The molecule has 0 aliphatic carbocycles. The van der Waals surface area contributed by atoms with Crippen molar-refractivity contribution in [2.45, 2.75) is 4.90 Å². The molecule has 0 atom stereocenters. The molecule has 0 fully saturated rings. The maximum Gasteiger partial charge on any atom is 0.337 e. The van der Waals surface area contributed by atoms with Crippen molar-refractivity contribution < 1.29 is 22.7 Å². The smallest absolute Gasteiger partial charge is 0.337 e. The van der Waals surface area contributed by atoms with Gasteiger partial charge in [-0.05, 0) is 42.5 Å². The number of nitrogens with one attached hydrogen (secondary N) is 1. The number of hydrogen-bond donors (Lipinski definition) is 1. The van der Waals surface area contributed by atoms with E-state index in [0.717, 1.165) is 10.9 Å². The molecular weight excluding hydrogens is 392 g/mol. The number of benzene rings is 2. The first kappa shape index (κ1) is 20.3. The van der Waals surface area contributed by atoms with E-state index in [1.54, 1.807) is 6.20 Å². The third kappa shape index (κ3) is 5.31. The van der Waals surface area contributed by atoms with Crippen LogP contribution in [0.4, 0.5) is 0 Å². The van der Waals surface area contributed by atoms with Gasteiger partial charge < -0.3 is 9.47 Å². The zero-order valence-electron chi connectivity index (χ0n) is 15.6. The van der Waals surface area contributed by atoms with E-state index in [4.69, 9.17) is 4.74 Å². The molecule has 0 radical (unpaired) electrons. The average molecular weight is 410 g/mol. The Hall–Kier alpha value is -3.41. The molecule has 0 saturated heterocycles. The van der Waals surface area contributed by atoms with Crippen molar-refractivity contribution >= 4 is 26.9 Å². The van der Waals surface area contributed by atoms with Crippen LogP contribution in [0.15, 0.2) is 65.7 Å². The number of nitrogens with zero attached hydrogens (tertiary/aromatic N) is 1. The molecular formula is C21H18N2O5S. The summed E-state index contributed by atoms with van der Waals surface area (Å²) in [5, 5.41) is 1.01. The second kappa shape index (κ2) is 9.19. The van der Waals surface area contributed by atoms with Crippen LogP contribution in [0.5, 0.6) is 5.75 Å². The van der Waals surface area contributed by atoms with Crippen LogP contribution in [0.2, 0.25) is 0 Å². The third-order valence-electron chi connectivity index (χ3n) is 3.95. The van der Waals surface area contributed by atoms with Gasteiger partial charge in [0, 0.05) is 17.6 Å². The van der Waals surface area contributed by atoms with Gasteiger partial charge in [0.05, 0.1) is 29.6 Å². The summed E-state index contributed by atoms with van der Waals surface area (Å²) in [5.41, 5.74) is 1.09. The standard InChI is InChI=1S/C21H18N2O5S/c1-27-21(24)17-7-10-19(11-8-17)29(25,26)23-13-2-3-14-28-18-9-6-16-5-4-12-22-20(16)15-18/h4-12,15,23H,13-14H2,1H3. The molecule has 0 unspecified atom stereocenters. The Bertz CT molecular complexity index is 1180. The predicted octanol–water partition coefficient (Wildman–Crippen LogP) is 2.38. The third-order valence-corrected chi connectivity index (χ3v) is 5.37. The summed E-state index contributed by atoms with van der Waals surface area (Å²) in [6.45, 7) is 0.0532. The van der Waals surface area contributed by atoms with Gasteiger partial charge in [-0.3, -0.25) is 4.98 Å². The molecule has 1 N–H and O–H groups in total. The van der Waals surface area contributed by atoms with Crippen LogP contribution in [0.1, 0.15) is 10.4 Å². The molecule has 148 valence electrons. The van der Waals surface area contributed by atoms with Crippen LogP contribution in [0.25, 0.3) is 10.9 Å². The van der Waals surface area contributed by atoms with Gasteiger partial charge in [0.2, 0.25) is 10.0 Å². The topological polar surface area (TPSA) is 94.6 Å². The second-order valence-corrected chi connectivity index (χ2v) is 7.61. The largest absolute Gasteiger partial charge is 0.481 e. The van der Waals surface area contributed by atoms with Crippen molar-refractivity contribution in [3.05, 3.63) is 66.4 Å². The molecule has 2 aromatic carbocycles. The molecule has 29 heavy (non-hydrogen) atoms. The van der Waals surface area contributed by atoms with E-state index in [9.17, 15) is 13.2 Å². The minimum absolute atomic E-state index is 0.0341. The van der Waals surface area contributed by atoms with Gasteiger partial charge in [-0.2, -0.15) is 4.72 Å². The fourth-order valence-electron chi connectivity index (χ4n) is 2.47. The number of rotatable bonds is 6. The fraction of sp³-hybridized carbons (Fsp3) is 0.143. The van der Waals surface area contributed by atoms with Crippen LogP contribution in [0, 0.1) is 11.8 Å². The van der Waals surface area contributed by atoms with E-state index in [0.29, 0.717) is 5.75 Å². The van der Waals surface area contributed by atoms with Crippen LogP contribution >= 0.6 is 0 Å². The van der Waals surface area contributed by atoms with Gasteiger partial charge in [0.15, 0.2) is 0 Å². The summed E-state index contributed by atoms with van der Waals surface area (Å²) in [4.78, 5) is 15.7. The maximum absolute atomic E-state index is 12.2. The van der Waals surface area contributed by atoms with E-state index in [2.05, 4.69) is 26.3 Å². The van der Waals surface area contributed by atoms with Gasteiger partial charge in [-0.1, -0.05) is 17.9 Å². The summed E-state index contributed by atoms with van der Waals surface area (Å²) >= 11 is 0. The summed E-state index contributed by atoms with van der Waals surface area (Å²) < 4.78 is 37.0. The number of carbonyl (C=O) groups is 1. The Labute approximate surface area is 168 Å². The summed E-state index contributed by atoms with van der Waals surface area (Å²) in [5.74, 6) is 5.56. The molecule has 3 rings (SSSR count). The van der Waals surface area contributed by atoms with E-state index in [1.165, 1.54) is 31.4 Å². The lowest BCUT2D eigenvalue weighted by atomic mass is 10.2. The highest BCUT2D eigenvalue weighted by Crippen LogP contribution is 2.18. The van der Waals surface area contributed by atoms with Crippen LogP contribution in [-0.2, 0) is 14.8 Å². The Morgan fingerprint density at radius 3 is 2.66 bits per heavy atom. The molecule has 7 nitrogen and oxygen atoms in total. The van der Waals surface area contributed by atoms with Crippen LogP contribution in [0.3, 0.4) is 0 Å². The average Bonchev–Trinajstić information content (AvgIpc) is 2.75. The lowest BCUT2D eigenvalue weighted by molar-refractivity contribution is 0.0600. The number of carbonyl (C=O) groups excluding carboxylic acids is 1. The maximum atomic E-state index is 12.2. The number of methoxy groups -OCH3 is 1. The number of pyridine rings is 1. The Morgan fingerprint density at radius 2 is 1.90 bits per heavy atom. The SMILES string of the molecule is COC(=O)c1ccc(S(=O)(=O)NCC#CCOc2ccc3cccnc3c2)cc1. The first-order valence-electron chi connectivity index (χ1n) is 8.61. The van der Waals surface area contributed by atoms with Gasteiger partial charge >= 0.3 is 5.97 Å². The highest BCUT2D eigenvalue weighted by Gasteiger charge is 2.14. The summed E-state index contributed by atoms with van der Waals surface area (Å²) in [6, 6.07) is 14.8. The van der Waals surface area contributed by atoms with Crippen LogP contribution < -0.4 is 9.46 Å².